The topological polar surface area (TPSA) is 38.3 Å². The molecule has 0 aliphatic carbocycles. The molecular weight excluding hydrogens is 258 g/mol. The number of hydrogen-bond acceptors (Lipinski definition) is 2. The van der Waals surface area contributed by atoms with Crippen LogP contribution in [0.5, 0.6) is 5.75 Å². The number of rotatable bonds is 6. The predicted molar refractivity (Wildman–Crippen MR) is 72.0 cm³/mol. The van der Waals surface area contributed by atoms with Gasteiger partial charge in [-0.25, -0.2) is 8.93 Å². The van der Waals surface area contributed by atoms with E-state index in [0.717, 1.165) is 17.1 Å². The van der Waals surface area contributed by atoms with Crippen LogP contribution in [0.15, 0.2) is 29.2 Å². The molecule has 1 atom stereocenters. The highest BCUT2D eigenvalue weighted by Crippen LogP contribution is 2.22. The van der Waals surface area contributed by atoms with Gasteiger partial charge in [0, 0.05) is 12.3 Å². The van der Waals surface area contributed by atoms with Gasteiger partial charge in [0.1, 0.15) is 22.3 Å². The third-order valence-corrected chi connectivity index (χ3v) is 3.57. The molecule has 0 bridgehead atoms. The molecule has 0 radical (unpaired) electrons. The molecule has 0 aliphatic rings. The third-order valence-electron chi connectivity index (χ3n) is 2.31. The Morgan fingerprint density at radius 3 is 2.41 bits per heavy atom. The predicted octanol–water partition coefficient (Wildman–Crippen LogP) is 2.71. The number of hydrogen-bond donors (Lipinski definition) is 1. The van der Waals surface area contributed by atoms with Crippen molar-refractivity contribution in [3.8, 4) is 5.75 Å². The Labute approximate surface area is 110 Å². The van der Waals surface area contributed by atoms with Crippen LogP contribution in [0.25, 0.3) is 0 Å². The van der Waals surface area contributed by atoms with Gasteiger partial charge < -0.3 is 4.74 Å². The van der Waals surface area contributed by atoms with Crippen molar-refractivity contribution < 1.29 is 8.95 Å². The molecule has 96 valence electrons. The number of halogens is 1. The molecule has 1 rings (SSSR count). The van der Waals surface area contributed by atoms with Gasteiger partial charge in [-0.05, 0) is 45.2 Å². The second-order valence-corrected chi connectivity index (χ2v) is 6.04. The van der Waals surface area contributed by atoms with Crippen LogP contribution < -0.4 is 9.46 Å². The molecule has 0 amide bonds. The summed E-state index contributed by atoms with van der Waals surface area (Å²) in [7, 11) is 0.505. The van der Waals surface area contributed by atoms with Crippen molar-refractivity contribution in [1.82, 2.24) is 4.72 Å². The molecule has 1 N–H and O–H groups in total. The maximum atomic E-state index is 11.5. The van der Waals surface area contributed by atoms with Crippen LogP contribution in [0.3, 0.4) is 0 Å². The normalized spacial score (nSPS) is 13.4. The Balaban J connectivity index is 2.71. The van der Waals surface area contributed by atoms with Gasteiger partial charge in [-0.2, -0.15) is 0 Å². The van der Waals surface area contributed by atoms with Crippen LogP contribution in [0.2, 0.25) is 0 Å². The van der Waals surface area contributed by atoms with Gasteiger partial charge in [0.15, 0.2) is 0 Å². The Morgan fingerprint density at radius 1 is 1.35 bits per heavy atom. The Hall–Kier alpha value is -0.580. The van der Waals surface area contributed by atoms with Gasteiger partial charge in [0.2, 0.25) is 0 Å². The van der Waals surface area contributed by atoms with Gasteiger partial charge in [-0.3, -0.25) is 0 Å². The Kier molecular flexibility index (Phi) is 5.43. The average molecular weight is 276 g/mol. The second-order valence-electron chi connectivity index (χ2n) is 4.24. The quantitative estimate of drug-likeness (QED) is 0.811. The molecule has 5 heteroatoms. The maximum Gasteiger partial charge on any atom is 0.124 e. The van der Waals surface area contributed by atoms with Crippen molar-refractivity contribution in [1.29, 1.82) is 0 Å². The van der Waals surface area contributed by atoms with Gasteiger partial charge in [0.25, 0.3) is 0 Å². The van der Waals surface area contributed by atoms with Crippen LogP contribution in [0.4, 0.5) is 0 Å². The van der Waals surface area contributed by atoms with E-state index in [4.69, 9.17) is 16.3 Å². The molecule has 3 nitrogen and oxygen atoms in total. The summed E-state index contributed by atoms with van der Waals surface area (Å²) in [6, 6.07) is 7.22. The number of ether oxygens (including phenoxy) is 1. The minimum Gasteiger partial charge on any atom is -0.488 e. The lowest BCUT2D eigenvalue weighted by Crippen LogP contribution is -2.28. The summed E-state index contributed by atoms with van der Waals surface area (Å²) < 4.78 is 19.9. The lowest BCUT2D eigenvalue weighted by atomic mass is 10.1. The summed E-state index contributed by atoms with van der Waals surface area (Å²) in [4.78, 5) is 0.731. The molecule has 17 heavy (non-hydrogen) atoms. The van der Waals surface area contributed by atoms with E-state index >= 15 is 0 Å². The molecule has 0 spiro atoms. The minimum atomic E-state index is -1.15. The lowest BCUT2D eigenvalue weighted by Gasteiger charge is -2.25. The Morgan fingerprint density at radius 2 is 1.94 bits per heavy atom. The standard InChI is InChI=1S/C12H18ClNO2S/c1-12(2,8-9-13)16-10-4-6-11(7-5-10)17(15)14-3/h4-7,14H,8-9H2,1-3H3. The van der Waals surface area contributed by atoms with Crippen LogP contribution in [-0.4, -0.2) is 22.7 Å². The van der Waals surface area contributed by atoms with E-state index in [1.807, 2.05) is 26.0 Å². The van der Waals surface area contributed by atoms with E-state index in [1.54, 1.807) is 19.2 Å². The first kappa shape index (κ1) is 14.5. The smallest absolute Gasteiger partial charge is 0.124 e. The summed E-state index contributed by atoms with van der Waals surface area (Å²) in [5.41, 5.74) is -0.286. The van der Waals surface area contributed by atoms with Crippen LogP contribution >= 0.6 is 11.6 Å². The van der Waals surface area contributed by atoms with Gasteiger partial charge >= 0.3 is 0 Å². The summed E-state index contributed by atoms with van der Waals surface area (Å²) >= 11 is 5.71. The third kappa shape index (κ3) is 4.66. The molecule has 1 aromatic rings. The SMILES string of the molecule is CNS(=O)c1ccc(OC(C)(C)CCCl)cc1. The summed E-state index contributed by atoms with van der Waals surface area (Å²) in [5.74, 6) is 1.33. The molecule has 1 unspecified atom stereocenters. The zero-order valence-electron chi connectivity index (χ0n) is 10.3. The molecule has 0 saturated carbocycles. The Bertz CT molecular complexity index is 379. The minimum absolute atomic E-state index is 0.286. The van der Waals surface area contributed by atoms with E-state index in [0.29, 0.717) is 5.88 Å². The second kappa shape index (κ2) is 6.38. The first-order valence-corrected chi connectivity index (χ1v) is 7.11. The fraction of sp³-hybridized carbons (Fsp3) is 0.500. The van der Waals surface area contributed by atoms with E-state index in [-0.39, 0.29) is 5.60 Å². The highest BCUT2D eigenvalue weighted by molar-refractivity contribution is 7.83. The first-order chi connectivity index (χ1) is 7.98. The van der Waals surface area contributed by atoms with Crippen molar-refractivity contribution >= 4 is 22.6 Å². The van der Waals surface area contributed by atoms with Crippen molar-refractivity contribution in [3.05, 3.63) is 24.3 Å². The van der Waals surface area contributed by atoms with Crippen molar-refractivity contribution in [2.75, 3.05) is 12.9 Å². The molecule has 0 aromatic heterocycles. The maximum absolute atomic E-state index is 11.5. The van der Waals surface area contributed by atoms with Crippen LogP contribution in [0, 0.1) is 0 Å². The molecule has 0 heterocycles. The molecule has 1 aromatic carbocycles. The number of nitrogens with one attached hydrogen (secondary N) is 1. The molecular formula is C12H18ClNO2S. The number of benzene rings is 1. The van der Waals surface area contributed by atoms with Gasteiger partial charge in [-0.15, -0.1) is 11.6 Å². The average Bonchev–Trinajstić information content (AvgIpc) is 2.28. The highest BCUT2D eigenvalue weighted by atomic mass is 35.5. The van der Waals surface area contributed by atoms with Gasteiger partial charge in [0.05, 0.1) is 4.90 Å². The van der Waals surface area contributed by atoms with E-state index in [1.165, 1.54) is 0 Å². The van der Waals surface area contributed by atoms with E-state index < -0.39 is 11.0 Å². The molecule has 0 fully saturated rings. The zero-order chi connectivity index (χ0) is 12.9. The van der Waals surface area contributed by atoms with E-state index in [2.05, 4.69) is 4.72 Å². The zero-order valence-corrected chi connectivity index (χ0v) is 11.9. The van der Waals surface area contributed by atoms with Crippen LogP contribution in [0.1, 0.15) is 20.3 Å². The van der Waals surface area contributed by atoms with Crippen molar-refractivity contribution in [2.24, 2.45) is 0 Å². The van der Waals surface area contributed by atoms with Crippen molar-refractivity contribution in [2.45, 2.75) is 30.8 Å². The van der Waals surface area contributed by atoms with E-state index in [9.17, 15) is 4.21 Å². The van der Waals surface area contributed by atoms with Crippen LogP contribution in [-0.2, 0) is 11.0 Å². The first-order valence-electron chi connectivity index (χ1n) is 5.43. The molecule has 0 saturated heterocycles. The van der Waals surface area contributed by atoms with Gasteiger partial charge in [-0.1, -0.05) is 0 Å². The monoisotopic (exact) mass is 275 g/mol. The number of alkyl halides is 1. The summed E-state index contributed by atoms with van der Waals surface area (Å²) in [6.45, 7) is 3.99. The summed E-state index contributed by atoms with van der Waals surface area (Å²) in [6.07, 6.45) is 0.777. The highest BCUT2D eigenvalue weighted by Gasteiger charge is 2.18. The lowest BCUT2D eigenvalue weighted by molar-refractivity contribution is 0.106. The summed E-state index contributed by atoms with van der Waals surface area (Å²) in [5, 5.41) is 0. The van der Waals surface area contributed by atoms with Crippen molar-refractivity contribution in [3.63, 3.8) is 0 Å². The largest absolute Gasteiger partial charge is 0.488 e. The fourth-order valence-corrected chi connectivity index (χ4v) is 2.42. The fourth-order valence-electron chi connectivity index (χ4n) is 1.35. The molecule has 0 aliphatic heterocycles.